The molecule has 0 saturated carbocycles. The van der Waals surface area contributed by atoms with E-state index in [1.165, 1.54) is 7.11 Å². The number of likely N-dealkylation sites (tertiary alicyclic amines) is 1. The van der Waals surface area contributed by atoms with Crippen LogP contribution in [0.25, 0.3) is 0 Å². The molecule has 1 aliphatic heterocycles. The van der Waals surface area contributed by atoms with Gasteiger partial charge in [-0.2, -0.15) is 0 Å². The Kier molecular flexibility index (Phi) is 6.10. The first-order chi connectivity index (χ1) is 11.0. The van der Waals surface area contributed by atoms with E-state index in [0.717, 1.165) is 12.8 Å². The number of hydrogen-bond donors (Lipinski definition) is 1. The highest BCUT2D eigenvalue weighted by Gasteiger charge is 2.27. The number of nitrogens with one attached hydrogen (secondary N) is 1. The molecule has 126 valence electrons. The summed E-state index contributed by atoms with van der Waals surface area (Å²) >= 11 is 5.93. The van der Waals surface area contributed by atoms with E-state index in [9.17, 15) is 9.59 Å². The number of methoxy groups -OCH3 is 1. The number of piperidine rings is 1. The first-order valence-corrected chi connectivity index (χ1v) is 7.99. The van der Waals surface area contributed by atoms with Gasteiger partial charge in [-0.25, -0.2) is 4.79 Å². The maximum Gasteiger partial charge on any atom is 0.407 e. The fourth-order valence-corrected chi connectivity index (χ4v) is 2.79. The summed E-state index contributed by atoms with van der Waals surface area (Å²) in [5, 5.41) is 3.30. The number of benzene rings is 1. The summed E-state index contributed by atoms with van der Waals surface area (Å²) in [6.45, 7) is 3.17. The lowest BCUT2D eigenvalue weighted by atomic mass is 10.0. The molecule has 1 N–H and O–H groups in total. The fourth-order valence-electron chi connectivity index (χ4n) is 2.63. The summed E-state index contributed by atoms with van der Waals surface area (Å²) in [5.41, 5.74) is 0.466. The van der Waals surface area contributed by atoms with Gasteiger partial charge in [0.25, 0.3) is 5.91 Å². The van der Waals surface area contributed by atoms with Crippen molar-refractivity contribution < 1.29 is 19.1 Å². The van der Waals surface area contributed by atoms with Crippen LogP contribution in [0.15, 0.2) is 18.2 Å². The number of carbonyl (C=O) groups is 2. The molecule has 6 nitrogen and oxygen atoms in total. The molecule has 23 heavy (non-hydrogen) atoms. The Morgan fingerprint density at radius 2 is 2.22 bits per heavy atom. The monoisotopic (exact) mass is 340 g/mol. The third-order valence-corrected chi connectivity index (χ3v) is 3.94. The van der Waals surface area contributed by atoms with Crippen LogP contribution in [0.5, 0.6) is 5.75 Å². The second-order valence-electron chi connectivity index (χ2n) is 5.30. The Hall–Kier alpha value is -1.95. The maximum absolute atomic E-state index is 12.7. The van der Waals surface area contributed by atoms with Crippen molar-refractivity contribution >= 4 is 23.6 Å². The van der Waals surface area contributed by atoms with Crippen molar-refractivity contribution in [1.82, 2.24) is 10.2 Å². The predicted octanol–water partition coefficient (Wildman–Crippen LogP) is 2.70. The van der Waals surface area contributed by atoms with Crippen molar-refractivity contribution in [3.05, 3.63) is 28.8 Å². The third kappa shape index (κ3) is 4.51. The minimum Gasteiger partial charge on any atom is -0.496 e. The van der Waals surface area contributed by atoms with Crippen LogP contribution in [-0.2, 0) is 4.74 Å². The van der Waals surface area contributed by atoms with Gasteiger partial charge in [0.15, 0.2) is 0 Å². The van der Waals surface area contributed by atoms with Crippen molar-refractivity contribution in [3.63, 3.8) is 0 Å². The number of hydrogen-bond acceptors (Lipinski definition) is 4. The summed E-state index contributed by atoms with van der Waals surface area (Å²) in [5.74, 6) is 0.317. The zero-order chi connectivity index (χ0) is 16.8. The molecule has 1 saturated heterocycles. The van der Waals surface area contributed by atoms with Crippen LogP contribution >= 0.6 is 11.6 Å². The van der Waals surface area contributed by atoms with Gasteiger partial charge in [-0.05, 0) is 38.0 Å². The van der Waals surface area contributed by atoms with Crippen molar-refractivity contribution in [2.75, 3.05) is 26.8 Å². The standard InChI is InChI=1S/C16H21ClN2O4/c1-3-23-16(21)18-12-5-4-8-19(10-12)15(20)13-7-6-11(17)9-14(13)22-2/h6-7,9,12H,3-5,8,10H2,1-2H3,(H,18,21)/t12-/m1/s1. The quantitative estimate of drug-likeness (QED) is 0.915. The van der Waals surface area contributed by atoms with Gasteiger partial charge in [0.1, 0.15) is 5.75 Å². The topological polar surface area (TPSA) is 67.9 Å². The predicted molar refractivity (Wildman–Crippen MR) is 87.1 cm³/mol. The Bertz CT molecular complexity index is 579. The molecule has 0 spiro atoms. The molecule has 1 atom stereocenters. The van der Waals surface area contributed by atoms with E-state index in [4.69, 9.17) is 21.1 Å². The average molecular weight is 341 g/mol. The van der Waals surface area contributed by atoms with Gasteiger partial charge >= 0.3 is 6.09 Å². The van der Waals surface area contributed by atoms with Gasteiger partial charge in [-0.3, -0.25) is 4.79 Å². The number of amides is 2. The highest BCUT2D eigenvalue weighted by atomic mass is 35.5. The van der Waals surface area contributed by atoms with E-state index < -0.39 is 6.09 Å². The minimum absolute atomic E-state index is 0.106. The van der Waals surface area contributed by atoms with Crippen molar-refractivity contribution in [2.45, 2.75) is 25.8 Å². The molecule has 0 aliphatic carbocycles. The Morgan fingerprint density at radius 3 is 2.91 bits per heavy atom. The number of halogens is 1. The largest absolute Gasteiger partial charge is 0.496 e. The highest BCUT2D eigenvalue weighted by molar-refractivity contribution is 6.30. The minimum atomic E-state index is -0.448. The molecule has 0 bridgehead atoms. The lowest BCUT2D eigenvalue weighted by Crippen LogP contribution is -2.49. The highest BCUT2D eigenvalue weighted by Crippen LogP contribution is 2.25. The van der Waals surface area contributed by atoms with Crippen molar-refractivity contribution in [2.24, 2.45) is 0 Å². The molecule has 2 amide bonds. The number of carbonyl (C=O) groups excluding carboxylic acids is 2. The van der Waals surface area contributed by atoms with E-state index >= 15 is 0 Å². The summed E-state index contributed by atoms with van der Waals surface area (Å²) in [4.78, 5) is 25.9. The van der Waals surface area contributed by atoms with Gasteiger partial charge in [-0.15, -0.1) is 0 Å². The van der Waals surface area contributed by atoms with E-state index in [1.807, 2.05) is 0 Å². The fraction of sp³-hybridized carbons (Fsp3) is 0.500. The van der Waals surface area contributed by atoms with E-state index in [0.29, 0.717) is 36.0 Å². The van der Waals surface area contributed by atoms with Crippen LogP contribution in [-0.4, -0.2) is 49.7 Å². The Labute approximate surface area is 140 Å². The van der Waals surface area contributed by atoms with Gasteiger partial charge in [0.2, 0.25) is 0 Å². The van der Waals surface area contributed by atoms with Crippen LogP contribution in [0.3, 0.4) is 0 Å². The molecule has 1 aromatic carbocycles. The maximum atomic E-state index is 12.7. The Morgan fingerprint density at radius 1 is 1.43 bits per heavy atom. The molecule has 1 aromatic rings. The van der Waals surface area contributed by atoms with Crippen molar-refractivity contribution in [3.8, 4) is 5.75 Å². The van der Waals surface area contributed by atoms with Gasteiger partial charge < -0.3 is 19.7 Å². The van der Waals surface area contributed by atoms with Crippen molar-refractivity contribution in [1.29, 1.82) is 0 Å². The molecule has 1 aliphatic rings. The Balaban J connectivity index is 2.06. The second kappa shape index (κ2) is 8.06. The SMILES string of the molecule is CCOC(=O)N[C@@H]1CCCN(C(=O)c2ccc(Cl)cc2OC)C1. The summed E-state index contributed by atoms with van der Waals surface area (Å²) in [7, 11) is 1.50. The van der Waals surface area contributed by atoms with Crippen LogP contribution in [0.4, 0.5) is 4.79 Å². The number of alkyl carbamates (subject to hydrolysis) is 1. The first kappa shape index (κ1) is 17.4. The molecule has 0 aromatic heterocycles. The summed E-state index contributed by atoms with van der Waals surface area (Å²) < 4.78 is 10.1. The summed E-state index contributed by atoms with van der Waals surface area (Å²) in [6, 6.07) is 4.83. The average Bonchev–Trinajstić information content (AvgIpc) is 2.54. The molecule has 0 unspecified atom stereocenters. The molecule has 2 rings (SSSR count). The third-order valence-electron chi connectivity index (χ3n) is 3.70. The van der Waals surface area contributed by atoms with E-state index in [2.05, 4.69) is 5.32 Å². The van der Waals surface area contributed by atoms with Crippen LogP contribution in [0.1, 0.15) is 30.1 Å². The van der Waals surface area contributed by atoms with E-state index in [1.54, 1.807) is 30.0 Å². The molecule has 1 fully saturated rings. The lowest BCUT2D eigenvalue weighted by Gasteiger charge is -2.33. The second-order valence-corrected chi connectivity index (χ2v) is 5.74. The number of nitrogens with zero attached hydrogens (tertiary/aromatic N) is 1. The van der Waals surface area contributed by atoms with Gasteiger partial charge in [-0.1, -0.05) is 11.6 Å². The lowest BCUT2D eigenvalue weighted by molar-refractivity contribution is 0.0683. The normalized spacial score (nSPS) is 17.5. The molecule has 1 heterocycles. The van der Waals surface area contributed by atoms with Crippen LogP contribution < -0.4 is 10.1 Å². The molecular formula is C16H21ClN2O4. The molecular weight excluding hydrogens is 320 g/mol. The smallest absolute Gasteiger partial charge is 0.407 e. The number of ether oxygens (including phenoxy) is 2. The zero-order valence-electron chi connectivity index (χ0n) is 13.3. The summed E-state index contributed by atoms with van der Waals surface area (Å²) in [6.07, 6.45) is 1.19. The van der Waals surface area contributed by atoms with Gasteiger partial charge in [0.05, 0.1) is 19.3 Å². The van der Waals surface area contributed by atoms with Crippen LogP contribution in [0.2, 0.25) is 5.02 Å². The zero-order valence-corrected chi connectivity index (χ0v) is 14.1. The number of rotatable bonds is 4. The molecule has 7 heteroatoms. The van der Waals surface area contributed by atoms with Gasteiger partial charge in [0, 0.05) is 24.2 Å². The first-order valence-electron chi connectivity index (χ1n) is 7.61. The van der Waals surface area contributed by atoms with Crippen LogP contribution in [0, 0.1) is 0 Å². The van der Waals surface area contributed by atoms with E-state index in [-0.39, 0.29) is 11.9 Å². The molecule has 0 radical (unpaired) electrons.